The molecule has 0 bridgehead atoms. The third kappa shape index (κ3) is 5.24. The molecule has 0 aromatic heterocycles. The van der Waals surface area contributed by atoms with Crippen molar-refractivity contribution in [3.63, 3.8) is 0 Å². The SMILES string of the molecule is C[C@@H](O)[C@H](Cc1ccccc1)NC(=O)CCS. The van der Waals surface area contributed by atoms with Crippen LogP contribution >= 0.6 is 12.6 Å². The quantitative estimate of drug-likeness (QED) is 0.671. The number of thiol groups is 1. The molecule has 0 aliphatic heterocycles. The first-order valence-electron chi connectivity index (χ1n) is 5.75. The molecular formula is C13H19NO2S. The summed E-state index contributed by atoms with van der Waals surface area (Å²) in [5.74, 6) is 0.450. The summed E-state index contributed by atoms with van der Waals surface area (Å²) < 4.78 is 0. The number of carbonyl (C=O) groups excluding carboxylic acids is 1. The number of aliphatic hydroxyl groups is 1. The van der Waals surface area contributed by atoms with Crippen LogP contribution in [0.25, 0.3) is 0 Å². The molecule has 2 atom stereocenters. The Morgan fingerprint density at radius 1 is 1.41 bits per heavy atom. The molecule has 2 N–H and O–H groups in total. The Hall–Kier alpha value is -1.000. The summed E-state index contributed by atoms with van der Waals surface area (Å²) in [6, 6.07) is 9.57. The minimum absolute atomic E-state index is 0.0677. The van der Waals surface area contributed by atoms with Crippen LogP contribution in [0.2, 0.25) is 0 Å². The minimum atomic E-state index is -0.570. The van der Waals surface area contributed by atoms with Gasteiger partial charge in [0.25, 0.3) is 0 Å². The largest absolute Gasteiger partial charge is 0.391 e. The fourth-order valence-corrected chi connectivity index (χ4v) is 1.79. The van der Waals surface area contributed by atoms with Crippen LogP contribution < -0.4 is 5.32 Å². The van der Waals surface area contributed by atoms with E-state index in [-0.39, 0.29) is 11.9 Å². The fourth-order valence-electron chi connectivity index (χ4n) is 1.59. The van der Waals surface area contributed by atoms with Gasteiger partial charge in [0.2, 0.25) is 5.91 Å². The van der Waals surface area contributed by atoms with Gasteiger partial charge in [-0.15, -0.1) is 0 Å². The summed E-state index contributed by atoms with van der Waals surface area (Å²) in [5.41, 5.74) is 1.10. The Morgan fingerprint density at radius 3 is 2.59 bits per heavy atom. The molecule has 1 rings (SSSR count). The summed E-state index contributed by atoms with van der Waals surface area (Å²) in [7, 11) is 0. The van der Waals surface area contributed by atoms with Crippen molar-refractivity contribution < 1.29 is 9.90 Å². The molecule has 0 aliphatic carbocycles. The van der Waals surface area contributed by atoms with E-state index in [9.17, 15) is 9.90 Å². The Kier molecular flexibility index (Phi) is 6.08. The second-order valence-corrected chi connectivity index (χ2v) is 4.53. The van der Waals surface area contributed by atoms with Gasteiger partial charge in [-0.1, -0.05) is 30.3 Å². The number of amides is 1. The molecule has 0 aliphatic rings. The second-order valence-electron chi connectivity index (χ2n) is 4.08. The molecule has 0 heterocycles. The highest BCUT2D eigenvalue weighted by Crippen LogP contribution is 2.06. The number of nitrogens with one attached hydrogen (secondary N) is 1. The van der Waals surface area contributed by atoms with Gasteiger partial charge in [-0.25, -0.2) is 0 Å². The van der Waals surface area contributed by atoms with Crippen LogP contribution in [0.4, 0.5) is 0 Å². The lowest BCUT2D eigenvalue weighted by Gasteiger charge is -2.21. The van der Waals surface area contributed by atoms with E-state index < -0.39 is 6.10 Å². The van der Waals surface area contributed by atoms with Gasteiger partial charge in [0, 0.05) is 6.42 Å². The first-order chi connectivity index (χ1) is 8.13. The number of aliphatic hydroxyl groups excluding tert-OH is 1. The molecule has 3 nitrogen and oxygen atoms in total. The van der Waals surface area contributed by atoms with Crippen molar-refractivity contribution in [2.45, 2.75) is 31.9 Å². The summed E-state index contributed by atoms with van der Waals surface area (Å²) in [6.45, 7) is 1.69. The van der Waals surface area contributed by atoms with E-state index in [1.807, 2.05) is 30.3 Å². The van der Waals surface area contributed by atoms with Gasteiger partial charge in [-0.05, 0) is 24.7 Å². The number of hydrogen-bond donors (Lipinski definition) is 3. The molecule has 0 spiro atoms. The van der Waals surface area contributed by atoms with Gasteiger partial charge in [-0.3, -0.25) is 4.79 Å². The van der Waals surface area contributed by atoms with Crippen LogP contribution in [0, 0.1) is 0 Å². The zero-order valence-corrected chi connectivity index (χ0v) is 10.9. The highest BCUT2D eigenvalue weighted by molar-refractivity contribution is 7.80. The van der Waals surface area contributed by atoms with Crippen molar-refractivity contribution >= 4 is 18.5 Å². The Bertz CT molecular complexity index is 341. The van der Waals surface area contributed by atoms with Crippen LogP contribution in [0.5, 0.6) is 0 Å². The van der Waals surface area contributed by atoms with E-state index in [0.717, 1.165) is 5.56 Å². The molecule has 94 valence electrons. The van der Waals surface area contributed by atoms with Crippen molar-refractivity contribution in [2.75, 3.05) is 5.75 Å². The Balaban J connectivity index is 2.58. The van der Waals surface area contributed by atoms with E-state index in [2.05, 4.69) is 17.9 Å². The van der Waals surface area contributed by atoms with E-state index >= 15 is 0 Å². The van der Waals surface area contributed by atoms with Gasteiger partial charge >= 0.3 is 0 Å². The van der Waals surface area contributed by atoms with Gasteiger partial charge in [0.05, 0.1) is 12.1 Å². The molecule has 1 aromatic carbocycles. The highest BCUT2D eigenvalue weighted by atomic mass is 32.1. The zero-order valence-electron chi connectivity index (χ0n) is 9.97. The Morgan fingerprint density at radius 2 is 2.06 bits per heavy atom. The lowest BCUT2D eigenvalue weighted by Crippen LogP contribution is -2.43. The van der Waals surface area contributed by atoms with E-state index in [4.69, 9.17) is 0 Å². The first-order valence-corrected chi connectivity index (χ1v) is 6.39. The van der Waals surface area contributed by atoms with Crippen LogP contribution in [-0.2, 0) is 11.2 Å². The number of rotatable bonds is 6. The van der Waals surface area contributed by atoms with Crippen molar-refractivity contribution in [3.8, 4) is 0 Å². The predicted octanol–water partition coefficient (Wildman–Crippen LogP) is 1.41. The zero-order chi connectivity index (χ0) is 12.7. The standard InChI is InChI=1S/C13H19NO2S/c1-10(15)12(14-13(16)7-8-17)9-11-5-3-2-4-6-11/h2-6,10,12,15,17H,7-9H2,1H3,(H,14,16)/t10-,12+/m1/s1. The van der Waals surface area contributed by atoms with Crippen molar-refractivity contribution in [2.24, 2.45) is 0 Å². The lowest BCUT2D eigenvalue weighted by molar-refractivity contribution is -0.122. The van der Waals surface area contributed by atoms with E-state index in [1.165, 1.54) is 0 Å². The van der Waals surface area contributed by atoms with Gasteiger partial charge in [0.1, 0.15) is 0 Å². The molecule has 0 unspecified atom stereocenters. The normalized spacial score (nSPS) is 14.1. The molecule has 4 heteroatoms. The average Bonchev–Trinajstić information content (AvgIpc) is 2.29. The molecular weight excluding hydrogens is 234 g/mol. The van der Waals surface area contributed by atoms with Crippen molar-refractivity contribution in [3.05, 3.63) is 35.9 Å². The molecule has 1 aromatic rings. The van der Waals surface area contributed by atoms with Gasteiger partial charge < -0.3 is 10.4 Å². The van der Waals surface area contributed by atoms with Gasteiger partial charge in [0.15, 0.2) is 0 Å². The third-order valence-electron chi connectivity index (χ3n) is 2.57. The van der Waals surface area contributed by atoms with Crippen LogP contribution in [-0.4, -0.2) is 28.9 Å². The number of carbonyl (C=O) groups is 1. The predicted molar refractivity (Wildman–Crippen MR) is 72.2 cm³/mol. The van der Waals surface area contributed by atoms with Crippen LogP contribution in [0.15, 0.2) is 30.3 Å². The van der Waals surface area contributed by atoms with Crippen LogP contribution in [0.1, 0.15) is 18.9 Å². The maximum Gasteiger partial charge on any atom is 0.221 e. The molecule has 1 amide bonds. The highest BCUT2D eigenvalue weighted by Gasteiger charge is 2.17. The van der Waals surface area contributed by atoms with Crippen molar-refractivity contribution in [1.82, 2.24) is 5.32 Å². The number of benzene rings is 1. The molecule has 0 saturated heterocycles. The maximum absolute atomic E-state index is 11.5. The lowest BCUT2D eigenvalue weighted by atomic mass is 10.0. The summed E-state index contributed by atoms with van der Waals surface area (Å²) in [4.78, 5) is 11.5. The van der Waals surface area contributed by atoms with Crippen molar-refractivity contribution in [1.29, 1.82) is 0 Å². The second kappa shape index (κ2) is 7.35. The maximum atomic E-state index is 11.5. The van der Waals surface area contributed by atoms with Crippen LogP contribution in [0.3, 0.4) is 0 Å². The molecule has 0 saturated carbocycles. The third-order valence-corrected chi connectivity index (χ3v) is 2.79. The van der Waals surface area contributed by atoms with E-state index in [1.54, 1.807) is 6.92 Å². The summed E-state index contributed by atoms with van der Waals surface area (Å²) in [6.07, 6.45) is 0.442. The molecule has 0 fully saturated rings. The smallest absolute Gasteiger partial charge is 0.221 e. The first kappa shape index (κ1) is 14.1. The van der Waals surface area contributed by atoms with E-state index in [0.29, 0.717) is 18.6 Å². The average molecular weight is 253 g/mol. The fraction of sp³-hybridized carbons (Fsp3) is 0.462. The molecule has 17 heavy (non-hydrogen) atoms. The molecule has 0 radical (unpaired) electrons. The topological polar surface area (TPSA) is 49.3 Å². The Labute approximate surface area is 108 Å². The summed E-state index contributed by atoms with van der Waals surface area (Å²) >= 11 is 4.01. The number of hydrogen-bond acceptors (Lipinski definition) is 3. The summed E-state index contributed by atoms with van der Waals surface area (Å²) in [5, 5.41) is 12.5. The monoisotopic (exact) mass is 253 g/mol. The minimum Gasteiger partial charge on any atom is -0.391 e. The van der Waals surface area contributed by atoms with Gasteiger partial charge in [-0.2, -0.15) is 12.6 Å².